The summed E-state index contributed by atoms with van der Waals surface area (Å²) in [6.45, 7) is 0.852. The lowest BCUT2D eigenvalue weighted by atomic mass is 10.1. The van der Waals surface area contributed by atoms with E-state index in [1.807, 2.05) is 24.3 Å². The molecule has 0 N–H and O–H groups in total. The fraction of sp³-hybridized carbons (Fsp3) is 0.188. The summed E-state index contributed by atoms with van der Waals surface area (Å²) < 4.78 is 0.926. The minimum absolute atomic E-state index is 0.0818. The Morgan fingerprint density at radius 1 is 1.29 bits per heavy atom. The second kappa shape index (κ2) is 7.55. The molecule has 1 aromatic carbocycles. The number of nitriles is 1. The molecule has 5 heteroatoms. The molecule has 0 saturated heterocycles. The van der Waals surface area contributed by atoms with Gasteiger partial charge in [0.2, 0.25) is 0 Å². The van der Waals surface area contributed by atoms with Gasteiger partial charge in [-0.05, 0) is 35.9 Å². The molecular weight excluding hydrogens is 330 g/mol. The zero-order valence-electron chi connectivity index (χ0n) is 11.4. The molecular formula is C16H14BrN3O. The second-order valence-electron chi connectivity index (χ2n) is 4.50. The van der Waals surface area contributed by atoms with Crippen molar-refractivity contribution in [2.45, 2.75) is 13.0 Å². The number of pyridine rings is 1. The number of aromatic nitrogens is 1. The molecule has 0 spiro atoms. The molecule has 4 nitrogen and oxygen atoms in total. The van der Waals surface area contributed by atoms with Crippen molar-refractivity contribution in [1.82, 2.24) is 9.88 Å². The van der Waals surface area contributed by atoms with E-state index >= 15 is 0 Å². The third kappa shape index (κ3) is 4.40. The van der Waals surface area contributed by atoms with Gasteiger partial charge in [0.05, 0.1) is 12.5 Å². The lowest BCUT2D eigenvalue weighted by Gasteiger charge is -2.21. The number of nitrogens with zero attached hydrogens (tertiary/aromatic N) is 3. The lowest BCUT2D eigenvalue weighted by Crippen LogP contribution is -2.31. The first-order chi connectivity index (χ1) is 10.2. The molecule has 1 amide bonds. The van der Waals surface area contributed by atoms with Crippen LogP contribution in [-0.2, 0) is 6.54 Å². The standard InChI is InChI=1S/C16H14BrN3O/c17-15-6-4-14(5-7-15)16(21)20(10-2-8-18)12-13-3-1-9-19-11-13/h1,3-7,9,11H,2,10,12H2. The van der Waals surface area contributed by atoms with Crippen molar-refractivity contribution in [2.75, 3.05) is 6.54 Å². The highest BCUT2D eigenvalue weighted by Gasteiger charge is 2.15. The summed E-state index contributed by atoms with van der Waals surface area (Å²) in [4.78, 5) is 18.3. The maximum Gasteiger partial charge on any atom is 0.254 e. The summed E-state index contributed by atoms with van der Waals surface area (Å²) in [6.07, 6.45) is 3.73. The number of carbonyl (C=O) groups excluding carboxylic acids is 1. The van der Waals surface area contributed by atoms with E-state index in [4.69, 9.17) is 5.26 Å². The Balaban J connectivity index is 2.17. The highest BCUT2D eigenvalue weighted by Crippen LogP contribution is 2.14. The quantitative estimate of drug-likeness (QED) is 0.835. The van der Waals surface area contributed by atoms with Crippen LogP contribution in [-0.4, -0.2) is 22.3 Å². The third-order valence-corrected chi connectivity index (χ3v) is 3.50. The third-order valence-electron chi connectivity index (χ3n) is 2.97. The van der Waals surface area contributed by atoms with Crippen LogP contribution in [0.15, 0.2) is 53.3 Å². The summed E-state index contributed by atoms with van der Waals surface area (Å²) in [6, 6.07) is 13.0. The molecule has 0 unspecified atom stereocenters. The summed E-state index contributed by atoms with van der Waals surface area (Å²) in [5.74, 6) is -0.0818. The van der Waals surface area contributed by atoms with Gasteiger partial charge in [0.1, 0.15) is 0 Å². The summed E-state index contributed by atoms with van der Waals surface area (Å²) in [5, 5.41) is 8.76. The van der Waals surface area contributed by atoms with Crippen LogP contribution >= 0.6 is 15.9 Å². The Morgan fingerprint density at radius 3 is 2.67 bits per heavy atom. The summed E-state index contributed by atoms with van der Waals surface area (Å²) >= 11 is 3.35. The monoisotopic (exact) mass is 343 g/mol. The summed E-state index contributed by atoms with van der Waals surface area (Å²) in [7, 11) is 0. The average Bonchev–Trinajstić information content (AvgIpc) is 2.52. The average molecular weight is 344 g/mol. The molecule has 0 bridgehead atoms. The molecule has 2 aromatic rings. The van der Waals surface area contributed by atoms with Crippen molar-refractivity contribution < 1.29 is 4.79 Å². The molecule has 0 aliphatic carbocycles. The van der Waals surface area contributed by atoms with Crippen molar-refractivity contribution in [1.29, 1.82) is 5.26 Å². The first-order valence-corrected chi connectivity index (χ1v) is 7.30. The lowest BCUT2D eigenvalue weighted by molar-refractivity contribution is 0.0746. The molecule has 0 radical (unpaired) electrons. The Morgan fingerprint density at radius 2 is 2.05 bits per heavy atom. The van der Waals surface area contributed by atoms with Gasteiger partial charge in [-0.25, -0.2) is 0 Å². The van der Waals surface area contributed by atoms with Crippen molar-refractivity contribution in [3.05, 3.63) is 64.4 Å². The van der Waals surface area contributed by atoms with Crippen LogP contribution < -0.4 is 0 Å². The number of hydrogen-bond acceptors (Lipinski definition) is 3. The zero-order valence-corrected chi connectivity index (χ0v) is 13.0. The number of amides is 1. The van der Waals surface area contributed by atoms with Gasteiger partial charge >= 0.3 is 0 Å². The van der Waals surface area contributed by atoms with E-state index in [0.717, 1.165) is 10.0 Å². The SMILES string of the molecule is N#CCCN(Cc1cccnc1)C(=O)c1ccc(Br)cc1. The molecule has 0 aliphatic rings. The van der Waals surface area contributed by atoms with Crippen LogP contribution in [0.5, 0.6) is 0 Å². The molecule has 1 aromatic heterocycles. The fourth-order valence-corrected chi connectivity index (χ4v) is 2.19. The zero-order chi connectivity index (χ0) is 15.1. The van der Waals surface area contributed by atoms with Crippen LogP contribution in [0.25, 0.3) is 0 Å². The van der Waals surface area contributed by atoms with Gasteiger partial charge in [0.25, 0.3) is 5.91 Å². The number of halogens is 1. The number of rotatable bonds is 5. The number of carbonyl (C=O) groups is 1. The van der Waals surface area contributed by atoms with Crippen LogP contribution in [0.3, 0.4) is 0 Å². The molecule has 21 heavy (non-hydrogen) atoms. The predicted octanol–water partition coefficient (Wildman–Crippen LogP) is 3.40. The van der Waals surface area contributed by atoms with E-state index in [2.05, 4.69) is 27.0 Å². The molecule has 2 rings (SSSR count). The maximum absolute atomic E-state index is 12.5. The van der Waals surface area contributed by atoms with E-state index in [1.54, 1.807) is 29.4 Å². The van der Waals surface area contributed by atoms with E-state index in [1.165, 1.54) is 0 Å². The van der Waals surface area contributed by atoms with Crippen molar-refractivity contribution in [3.8, 4) is 6.07 Å². The molecule has 0 fully saturated rings. The minimum atomic E-state index is -0.0818. The molecule has 1 heterocycles. The van der Waals surface area contributed by atoms with Crippen LogP contribution in [0, 0.1) is 11.3 Å². The second-order valence-corrected chi connectivity index (χ2v) is 5.42. The molecule has 0 aliphatic heterocycles. The smallest absolute Gasteiger partial charge is 0.254 e. The Kier molecular flexibility index (Phi) is 5.47. The van der Waals surface area contributed by atoms with Gasteiger partial charge < -0.3 is 4.90 Å². The van der Waals surface area contributed by atoms with E-state index in [9.17, 15) is 4.79 Å². The Labute approximate surface area is 132 Å². The van der Waals surface area contributed by atoms with Gasteiger partial charge in [-0.3, -0.25) is 9.78 Å². The van der Waals surface area contributed by atoms with Crippen molar-refractivity contribution >= 4 is 21.8 Å². The molecule has 0 atom stereocenters. The molecule has 0 saturated carbocycles. The summed E-state index contributed by atoms with van der Waals surface area (Å²) in [5.41, 5.74) is 1.56. The van der Waals surface area contributed by atoms with Crippen LogP contribution in [0.4, 0.5) is 0 Å². The largest absolute Gasteiger partial charge is 0.333 e. The van der Waals surface area contributed by atoms with E-state index in [-0.39, 0.29) is 5.91 Å². The minimum Gasteiger partial charge on any atom is -0.333 e. The topological polar surface area (TPSA) is 57.0 Å². The van der Waals surface area contributed by atoms with Gasteiger partial charge in [-0.1, -0.05) is 22.0 Å². The highest BCUT2D eigenvalue weighted by molar-refractivity contribution is 9.10. The predicted molar refractivity (Wildman–Crippen MR) is 83.3 cm³/mol. The first-order valence-electron chi connectivity index (χ1n) is 6.51. The normalized spacial score (nSPS) is 9.90. The van der Waals surface area contributed by atoms with E-state index < -0.39 is 0 Å². The van der Waals surface area contributed by atoms with Gasteiger partial charge in [-0.15, -0.1) is 0 Å². The van der Waals surface area contributed by atoms with Crippen LogP contribution in [0.1, 0.15) is 22.3 Å². The Hall–Kier alpha value is -2.19. The highest BCUT2D eigenvalue weighted by atomic mass is 79.9. The number of benzene rings is 1. The van der Waals surface area contributed by atoms with Crippen molar-refractivity contribution in [3.63, 3.8) is 0 Å². The number of hydrogen-bond donors (Lipinski definition) is 0. The van der Waals surface area contributed by atoms with Gasteiger partial charge in [0, 0.05) is 35.5 Å². The van der Waals surface area contributed by atoms with Crippen LogP contribution in [0.2, 0.25) is 0 Å². The fourth-order valence-electron chi connectivity index (χ4n) is 1.92. The first kappa shape index (κ1) is 15.2. The Bertz CT molecular complexity index is 635. The van der Waals surface area contributed by atoms with Gasteiger partial charge in [0.15, 0.2) is 0 Å². The molecule has 106 valence electrons. The van der Waals surface area contributed by atoms with Gasteiger partial charge in [-0.2, -0.15) is 5.26 Å². The van der Waals surface area contributed by atoms with E-state index in [0.29, 0.717) is 25.1 Å². The maximum atomic E-state index is 12.5. The van der Waals surface area contributed by atoms with Crippen molar-refractivity contribution in [2.24, 2.45) is 0 Å².